The lowest BCUT2D eigenvalue weighted by Gasteiger charge is -2.14. The molecule has 3 aromatic rings. The first kappa shape index (κ1) is 16.1. The van der Waals surface area contributed by atoms with Crippen molar-refractivity contribution < 1.29 is 23.6 Å². The molecule has 0 aliphatic heterocycles. The molecule has 0 radical (unpaired) electrons. The maximum Gasteiger partial charge on any atom is 0.584 e. The number of hydrogen-bond acceptors (Lipinski definition) is 4. The Morgan fingerprint density at radius 3 is 1.67 bits per heavy atom. The van der Waals surface area contributed by atoms with E-state index in [1.165, 1.54) is 0 Å². The number of phenolic OH excluding ortho intramolecular Hbond substituents is 1. The largest absolute Gasteiger partial charge is 0.584 e. The quantitative estimate of drug-likeness (QED) is 0.662. The molecule has 3 rings (SSSR count). The summed E-state index contributed by atoms with van der Waals surface area (Å²) in [7, 11) is -4.26. The van der Waals surface area contributed by atoms with Gasteiger partial charge in [-0.2, -0.15) is 0 Å². The summed E-state index contributed by atoms with van der Waals surface area (Å²) >= 11 is 0. The van der Waals surface area contributed by atoms with E-state index in [4.69, 9.17) is 9.05 Å². The average molecular weight is 342 g/mol. The number of phenols is 1. The molecule has 0 aliphatic rings. The van der Waals surface area contributed by atoms with E-state index in [2.05, 4.69) is 0 Å². The minimum absolute atomic E-state index is 0.193. The molecule has 0 aliphatic carbocycles. The predicted octanol–water partition coefficient (Wildman–Crippen LogP) is 4.62. The van der Waals surface area contributed by atoms with Crippen LogP contribution in [-0.2, 0) is 4.57 Å². The van der Waals surface area contributed by atoms with Crippen LogP contribution in [-0.4, -0.2) is 10.00 Å². The van der Waals surface area contributed by atoms with E-state index in [-0.39, 0.29) is 17.2 Å². The Labute approximate surface area is 139 Å². The first-order chi connectivity index (χ1) is 11.5. The fourth-order valence-electron chi connectivity index (χ4n) is 2.13. The van der Waals surface area contributed by atoms with E-state index >= 15 is 0 Å². The third-order valence-electron chi connectivity index (χ3n) is 3.24. The number of phosphoric acid groups is 1. The van der Waals surface area contributed by atoms with Gasteiger partial charge in [-0.1, -0.05) is 42.5 Å². The molecule has 6 heteroatoms. The van der Waals surface area contributed by atoms with Crippen molar-refractivity contribution in [1.82, 2.24) is 0 Å². The third-order valence-corrected chi connectivity index (χ3v) is 4.12. The number of rotatable bonds is 5. The standard InChI is InChI=1S/C18H15O5P/c19-16-10-6-14(7-11-16)15-8-12-18(13-9-15)23-24(20,21)22-17-4-2-1-3-5-17/h1-13,19H,(H,20,21). The second-order valence-electron chi connectivity index (χ2n) is 5.04. The van der Waals surface area contributed by atoms with Crippen molar-refractivity contribution in [3.05, 3.63) is 78.9 Å². The Morgan fingerprint density at radius 1 is 0.667 bits per heavy atom. The molecule has 0 amide bonds. The number of phosphoric ester groups is 1. The number of benzene rings is 3. The Morgan fingerprint density at radius 2 is 1.12 bits per heavy atom. The highest BCUT2D eigenvalue weighted by molar-refractivity contribution is 7.48. The predicted molar refractivity (Wildman–Crippen MR) is 91.1 cm³/mol. The monoisotopic (exact) mass is 342 g/mol. The normalized spacial score (nSPS) is 13.0. The van der Waals surface area contributed by atoms with Crippen LogP contribution in [0, 0.1) is 0 Å². The van der Waals surface area contributed by atoms with E-state index in [0.29, 0.717) is 0 Å². The smallest absolute Gasteiger partial charge is 0.508 e. The summed E-state index contributed by atoms with van der Waals surface area (Å²) in [6, 6.07) is 21.7. The van der Waals surface area contributed by atoms with Crippen LogP contribution in [0.4, 0.5) is 0 Å². The molecule has 3 aromatic carbocycles. The summed E-state index contributed by atoms with van der Waals surface area (Å²) in [6.07, 6.45) is 0. The van der Waals surface area contributed by atoms with E-state index in [0.717, 1.165) is 11.1 Å². The van der Waals surface area contributed by atoms with Crippen molar-refractivity contribution in [2.24, 2.45) is 0 Å². The Kier molecular flexibility index (Phi) is 4.56. The topological polar surface area (TPSA) is 76.0 Å². The number of hydrogen-bond donors (Lipinski definition) is 2. The zero-order chi connectivity index (χ0) is 17.0. The average Bonchev–Trinajstić information content (AvgIpc) is 2.56. The molecule has 2 N–H and O–H groups in total. The highest BCUT2D eigenvalue weighted by Crippen LogP contribution is 2.44. The van der Waals surface area contributed by atoms with Crippen LogP contribution in [0.5, 0.6) is 17.2 Å². The Balaban J connectivity index is 1.71. The first-order valence-corrected chi connectivity index (χ1v) is 8.68. The molecule has 0 bridgehead atoms. The second-order valence-corrected chi connectivity index (χ2v) is 6.34. The van der Waals surface area contributed by atoms with Crippen LogP contribution < -0.4 is 9.05 Å². The lowest BCUT2D eigenvalue weighted by atomic mass is 10.1. The van der Waals surface area contributed by atoms with E-state index < -0.39 is 7.82 Å². The lowest BCUT2D eigenvalue weighted by Crippen LogP contribution is -1.99. The molecule has 0 fully saturated rings. The number of para-hydroxylation sites is 1. The molecular formula is C18H15O5P. The Hall–Kier alpha value is -2.75. The van der Waals surface area contributed by atoms with E-state index in [1.807, 2.05) is 0 Å². The van der Waals surface area contributed by atoms with Gasteiger partial charge < -0.3 is 14.2 Å². The summed E-state index contributed by atoms with van der Waals surface area (Å²) in [5.74, 6) is 0.668. The molecule has 0 spiro atoms. The summed E-state index contributed by atoms with van der Waals surface area (Å²) in [5, 5.41) is 9.30. The van der Waals surface area contributed by atoms with Crippen LogP contribution >= 0.6 is 7.82 Å². The summed E-state index contributed by atoms with van der Waals surface area (Å²) in [6.45, 7) is 0. The molecule has 0 saturated carbocycles. The molecule has 5 nitrogen and oxygen atoms in total. The zero-order valence-electron chi connectivity index (χ0n) is 12.6. The van der Waals surface area contributed by atoms with Crippen molar-refractivity contribution in [1.29, 1.82) is 0 Å². The highest BCUT2D eigenvalue weighted by atomic mass is 31.2. The van der Waals surface area contributed by atoms with Gasteiger partial charge >= 0.3 is 7.82 Å². The summed E-state index contributed by atoms with van der Waals surface area (Å²) < 4.78 is 22.1. The molecule has 1 unspecified atom stereocenters. The van der Waals surface area contributed by atoms with Crippen LogP contribution in [0.15, 0.2) is 78.9 Å². The van der Waals surface area contributed by atoms with Crippen molar-refractivity contribution in [2.75, 3.05) is 0 Å². The van der Waals surface area contributed by atoms with E-state index in [1.54, 1.807) is 78.9 Å². The van der Waals surface area contributed by atoms with Gasteiger partial charge in [0.05, 0.1) is 0 Å². The second kappa shape index (κ2) is 6.79. The zero-order valence-corrected chi connectivity index (χ0v) is 13.5. The van der Waals surface area contributed by atoms with Crippen LogP contribution in [0.3, 0.4) is 0 Å². The van der Waals surface area contributed by atoms with Gasteiger partial charge in [-0.25, -0.2) is 4.57 Å². The molecule has 122 valence electrons. The minimum Gasteiger partial charge on any atom is -0.508 e. The molecule has 1 atom stereocenters. The van der Waals surface area contributed by atoms with Crippen molar-refractivity contribution in [3.63, 3.8) is 0 Å². The number of aromatic hydroxyl groups is 1. The highest BCUT2D eigenvalue weighted by Gasteiger charge is 2.24. The first-order valence-electron chi connectivity index (χ1n) is 7.18. The van der Waals surface area contributed by atoms with Gasteiger partial charge in [-0.15, -0.1) is 0 Å². The van der Waals surface area contributed by atoms with Crippen LogP contribution in [0.2, 0.25) is 0 Å². The van der Waals surface area contributed by atoms with Gasteiger partial charge in [0, 0.05) is 0 Å². The lowest BCUT2D eigenvalue weighted by molar-refractivity contribution is 0.291. The molecule has 0 aromatic heterocycles. The fourth-order valence-corrected chi connectivity index (χ4v) is 2.94. The van der Waals surface area contributed by atoms with Gasteiger partial charge in [-0.05, 0) is 47.5 Å². The molecule has 0 saturated heterocycles. The van der Waals surface area contributed by atoms with E-state index in [9.17, 15) is 14.6 Å². The van der Waals surface area contributed by atoms with Crippen molar-refractivity contribution >= 4 is 7.82 Å². The van der Waals surface area contributed by atoms with Crippen LogP contribution in [0.25, 0.3) is 11.1 Å². The fraction of sp³-hybridized carbons (Fsp3) is 0. The third kappa shape index (κ3) is 4.16. The SMILES string of the molecule is O=P(O)(Oc1ccccc1)Oc1ccc(-c2ccc(O)cc2)cc1. The van der Waals surface area contributed by atoms with Gasteiger partial charge in [0.1, 0.15) is 17.2 Å². The van der Waals surface area contributed by atoms with Crippen molar-refractivity contribution in [2.45, 2.75) is 0 Å². The van der Waals surface area contributed by atoms with Gasteiger partial charge in [-0.3, -0.25) is 4.89 Å². The van der Waals surface area contributed by atoms with Gasteiger partial charge in [0.2, 0.25) is 0 Å². The maximum atomic E-state index is 12.0. The Bertz CT molecular complexity index is 845. The van der Waals surface area contributed by atoms with Crippen molar-refractivity contribution in [3.8, 4) is 28.4 Å². The minimum atomic E-state index is -4.26. The van der Waals surface area contributed by atoms with Gasteiger partial charge in [0.15, 0.2) is 0 Å². The van der Waals surface area contributed by atoms with Gasteiger partial charge in [0.25, 0.3) is 0 Å². The maximum absolute atomic E-state index is 12.0. The molecule has 24 heavy (non-hydrogen) atoms. The summed E-state index contributed by atoms with van der Waals surface area (Å²) in [5.41, 5.74) is 1.80. The summed E-state index contributed by atoms with van der Waals surface area (Å²) in [4.78, 5) is 9.82. The molecular weight excluding hydrogens is 327 g/mol. The van der Waals surface area contributed by atoms with Crippen LogP contribution in [0.1, 0.15) is 0 Å². The molecule has 0 heterocycles.